The maximum absolute atomic E-state index is 15.3. The molecule has 0 aromatic heterocycles. The Morgan fingerprint density at radius 2 is 1.00 bits per heavy atom. The molecule has 0 bridgehead atoms. The molecule has 5 rings (SSSR count). The summed E-state index contributed by atoms with van der Waals surface area (Å²) >= 11 is 0. The number of benzene rings is 5. The van der Waals surface area contributed by atoms with E-state index in [1.54, 1.807) is 0 Å². The predicted molar refractivity (Wildman–Crippen MR) is 125 cm³/mol. The Morgan fingerprint density at radius 1 is 0.486 bits per heavy atom. The van der Waals surface area contributed by atoms with Crippen molar-refractivity contribution < 1.29 is 40.2 Å². The van der Waals surface area contributed by atoms with Gasteiger partial charge in [-0.2, -0.15) is 8.78 Å². The number of halogens is 7. The third kappa shape index (κ3) is 3.64. The van der Waals surface area contributed by atoms with Crippen LogP contribution < -0.4 is 9.47 Å². The summed E-state index contributed by atoms with van der Waals surface area (Å²) in [7, 11) is 2.07. The number of methoxy groups -OCH3 is 2. The van der Waals surface area contributed by atoms with E-state index in [1.165, 1.54) is 31.4 Å². The minimum atomic E-state index is -1.77. The zero-order valence-electron chi connectivity index (χ0n) is 19.2. The maximum atomic E-state index is 15.3. The van der Waals surface area contributed by atoms with Crippen molar-refractivity contribution in [3.05, 3.63) is 95.3 Å². The highest BCUT2D eigenvalue weighted by molar-refractivity contribution is 6.21. The highest BCUT2D eigenvalue weighted by Crippen LogP contribution is 2.48. The highest BCUT2D eigenvalue weighted by Gasteiger charge is 2.31. The maximum Gasteiger partial charge on any atom is 0.204 e. The summed E-state index contributed by atoms with van der Waals surface area (Å²) in [5.74, 6) is -11.3. The van der Waals surface area contributed by atoms with Crippen LogP contribution in [0.15, 0.2) is 54.6 Å². The van der Waals surface area contributed by atoms with Crippen molar-refractivity contribution in [2.24, 2.45) is 0 Å². The van der Waals surface area contributed by atoms with Gasteiger partial charge in [0.25, 0.3) is 0 Å². The Hall–Kier alpha value is -4.27. The molecule has 0 aliphatic carbocycles. The van der Waals surface area contributed by atoms with E-state index in [0.717, 1.165) is 37.4 Å². The molecule has 0 atom stereocenters. The summed E-state index contributed by atoms with van der Waals surface area (Å²) in [5, 5.41) is -0.194. The summed E-state index contributed by atoms with van der Waals surface area (Å²) in [5.41, 5.74) is -2.08. The molecule has 0 saturated heterocycles. The van der Waals surface area contributed by atoms with Crippen LogP contribution in [-0.2, 0) is 0 Å². The molecular weight excluding hydrogens is 501 g/mol. The number of hydrogen-bond acceptors (Lipinski definition) is 2. The number of fused-ring (bicyclic) bond motifs is 2. The fourth-order valence-corrected chi connectivity index (χ4v) is 4.61. The van der Waals surface area contributed by atoms with E-state index < -0.39 is 57.6 Å². The van der Waals surface area contributed by atoms with Gasteiger partial charge in [0, 0.05) is 23.3 Å². The second-order valence-corrected chi connectivity index (χ2v) is 8.12. The molecular formula is C28H15F7O2. The van der Waals surface area contributed by atoms with Gasteiger partial charge in [0.2, 0.25) is 11.6 Å². The molecule has 0 radical (unpaired) electrons. The topological polar surface area (TPSA) is 18.5 Å². The van der Waals surface area contributed by atoms with Crippen LogP contribution in [-0.4, -0.2) is 14.2 Å². The van der Waals surface area contributed by atoms with E-state index in [-0.39, 0.29) is 38.4 Å². The first-order valence-corrected chi connectivity index (χ1v) is 10.8. The molecule has 0 spiro atoms. The van der Waals surface area contributed by atoms with Crippen LogP contribution in [0.1, 0.15) is 0 Å². The largest absolute Gasteiger partial charge is 0.497 e. The minimum absolute atomic E-state index is 0.00740. The Kier molecular flexibility index (Phi) is 5.94. The SMILES string of the molecule is COc1cc(F)c(-c2c3ccccc3c(-c3c(F)c(F)c(OC)c(F)c3F)c3ccc(F)cc23)c(F)c1. The fraction of sp³-hybridized carbons (Fsp3) is 0.0714. The summed E-state index contributed by atoms with van der Waals surface area (Å²) in [6.45, 7) is 0. The summed E-state index contributed by atoms with van der Waals surface area (Å²) in [6.07, 6.45) is 0. The molecule has 37 heavy (non-hydrogen) atoms. The average molecular weight is 516 g/mol. The van der Waals surface area contributed by atoms with Crippen LogP contribution in [0.3, 0.4) is 0 Å². The van der Waals surface area contributed by atoms with Gasteiger partial charge in [0.1, 0.15) is 23.2 Å². The predicted octanol–water partition coefficient (Wildman–Crippen LogP) is 8.32. The number of rotatable bonds is 4. The van der Waals surface area contributed by atoms with Crippen LogP contribution >= 0.6 is 0 Å². The fourth-order valence-electron chi connectivity index (χ4n) is 4.61. The third-order valence-corrected chi connectivity index (χ3v) is 6.16. The molecule has 0 saturated carbocycles. The Morgan fingerprint density at radius 3 is 1.51 bits per heavy atom. The van der Waals surface area contributed by atoms with Crippen LogP contribution in [0, 0.1) is 40.7 Å². The minimum Gasteiger partial charge on any atom is -0.497 e. The summed E-state index contributed by atoms with van der Waals surface area (Å²) < 4.78 is 114. The second-order valence-electron chi connectivity index (χ2n) is 8.12. The molecule has 0 aliphatic heterocycles. The molecule has 9 heteroatoms. The first-order valence-electron chi connectivity index (χ1n) is 10.8. The number of ether oxygens (including phenoxy) is 2. The molecule has 188 valence electrons. The normalized spacial score (nSPS) is 11.4. The zero-order valence-corrected chi connectivity index (χ0v) is 19.2. The first-order chi connectivity index (χ1) is 17.7. The molecule has 0 unspecified atom stereocenters. The lowest BCUT2D eigenvalue weighted by Crippen LogP contribution is -2.05. The quantitative estimate of drug-likeness (QED) is 0.136. The highest BCUT2D eigenvalue weighted by atomic mass is 19.2. The van der Waals surface area contributed by atoms with Gasteiger partial charge in [-0.25, -0.2) is 22.0 Å². The van der Waals surface area contributed by atoms with Gasteiger partial charge in [-0.15, -0.1) is 0 Å². The van der Waals surface area contributed by atoms with E-state index in [0.29, 0.717) is 0 Å². The van der Waals surface area contributed by atoms with Crippen molar-refractivity contribution in [1.82, 2.24) is 0 Å². The first kappa shape index (κ1) is 24.4. The third-order valence-electron chi connectivity index (χ3n) is 6.16. The van der Waals surface area contributed by atoms with Crippen LogP contribution in [0.4, 0.5) is 30.7 Å². The standard InChI is InChI=1S/C28H15F7O2/c1-36-13-10-18(30)22(19(31)11-13)21-15-6-4-3-5-14(15)20(16-8-7-12(29)9-17(16)21)23-24(32)26(34)28(37-2)27(35)25(23)33/h3-11H,1-2H3. The Labute approximate surface area is 205 Å². The van der Waals surface area contributed by atoms with Crippen molar-refractivity contribution in [3.63, 3.8) is 0 Å². The molecule has 0 aliphatic rings. The zero-order chi connectivity index (χ0) is 26.6. The van der Waals surface area contributed by atoms with Gasteiger partial charge in [-0.05, 0) is 33.7 Å². The number of hydrogen-bond donors (Lipinski definition) is 0. The molecule has 0 amide bonds. The van der Waals surface area contributed by atoms with Crippen molar-refractivity contribution in [2.45, 2.75) is 0 Å². The van der Waals surface area contributed by atoms with Crippen LogP contribution in [0.25, 0.3) is 43.8 Å². The summed E-state index contributed by atoms with van der Waals surface area (Å²) in [6, 6.07) is 10.6. The lowest BCUT2D eigenvalue weighted by atomic mass is 9.85. The van der Waals surface area contributed by atoms with E-state index in [4.69, 9.17) is 4.74 Å². The van der Waals surface area contributed by atoms with Crippen molar-refractivity contribution in [2.75, 3.05) is 14.2 Å². The molecule has 0 heterocycles. The van der Waals surface area contributed by atoms with Gasteiger partial charge in [0.15, 0.2) is 17.4 Å². The van der Waals surface area contributed by atoms with E-state index in [2.05, 4.69) is 4.74 Å². The molecule has 2 nitrogen and oxygen atoms in total. The molecule has 5 aromatic carbocycles. The van der Waals surface area contributed by atoms with Crippen molar-refractivity contribution in [1.29, 1.82) is 0 Å². The average Bonchev–Trinajstić information content (AvgIpc) is 2.88. The molecule has 0 N–H and O–H groups in total. The molecule has 5 aromatic rings. The van der Waals surface area contributed by atoms with Crippen LogP contribution in [0.5, 0.6) is 11.5 Å². The van der Waals surface area contributed by atoms with Crippen molar-refractivity contribution in [3.8, 4) is 33.8 Å². The van der Waals surface area contributed by atoms with Crippen LogP contribution in [0.2, 0.25) is 0 Å². The lowest BCUT2D eigenvalue weighted by molar-refractivity contribution is 0.334. The second kappa shape index (κ2) is 8.99. The lowest BCUT2D eigenvalue weighted by Gasteiger charge is -2.20. The monoisotopic (exact) mass is 516 g/mol. The van der Waals surface area contributed by atoms with Gasteiger partial charge in [0.05, 0.1) is 25.3 Å². The Bertz CT molecular complexity index is 1680. The van der Waals surface area contributed by atoms with E-state index in [9.17, 15) is 13.2 Å². The Balaban J connectivity index is 2.04. The van der Waals surface area contributed by atoms with E-state index in [1.807, 2.05) is 0 Å². The van der Waals surface area contributed by atoms with E-state index >= 15 is 17.6 Å². The van der Waals surface area contributed by atoms with Gasteiger partial charge >= 0.3 is 0 Å². The van der Waals surface area contributed by atoms with Gasteiger partial charge in [-0.1, -0.05) is 30.3 Å². The summed E-state index contributed by atoms with van der Waals surface area (Å²) in [4.78, 5) is 0. The van der Waals surface area contributed by atoms with Gasteiger partial charge in [-0.3, -0.25) is 0 Å². The van der Waals surface area contributed by atoms with Gasteiger partial charge < -0.3 is 9.47 Å². The molecule has 0 fully saturated rings. The van der Waals surface area contributed by atoms with Crippen molar-refractivity contribution >= 4 is 21.5 Å². The smallest absolute Gasteiger partial charge is 0.204 e.